The van der Waals surface area contributed by atoms with Gasteiger partial charge >= 0.3 is 0 Å². The van der Waals surface area contributed by atoms with Crippen molar-refractivity contribution in [3.8, 4) is 0 Å². The lowest BCUT2D eigenvalue weighted by molar-refractivity contribution is 1.16. The maximum absolute atomic E-state index is 4.17. The molecular weight excluding hydrogens is 380 g/mol. The van der Waals surface area contributed by atoms with Gasteiger partial charge in [0.1, 0.15) is 0 Å². The molecule has 0 amide bonds. The van der Waals surface area contributed by atoms with Crippen LogP contribution in [0.2, 0.25) is 0 Å². The molecule has 100 valence electrons. The Morgan fingerprint density at radius 1 is 0.950 bits per heavy atom. The molecule has 4 heteroatoms. The molecule has 0 bridgehead atoms. The van der Waals surface area contributed by atoms with Crippen LogP contribution in [0.1, 0.15) is 5.56 Å². The van der Waals surface area contributed by atoms with Gasteiger partial charge in [0.2, 0.25) is 0 Å². The first kappa shape index (κ1) is 13.6. The van der Waals surface area contributed by atoms with Crippen molar-refractivity contribution in [1.29, 1.82) is 0 Å². The fourth-order valence-electron chi connectivity index (χ4n) is 2.19. The van der Waals surface area contributed by atoms with Crippen LogP contribution in [0, 0.1) is 0 Å². The quantitative estimate of drug-likeness (QED) is 0.648. The van der Waals surface area contributed by atoms with Crippen LogP contribution in [0.15, 0.2) is 63.8 Å². The van der Waals surface area contributed by atoms with Crippen LogP contribution < -0.4 is 5.32 Å². The summed E-state index contributed by atoms with van der Waals surface area (Å²) < 4.78 is 2.10. The monoisotopic (exact) mass is 390 g/mol. The van der Waals surface area contributed by atoms with Crippen molar-refractivity contribution in [1.82, 2.24) is 4.98 Å². The first-order chi connectivity index (χ1) is 9.75. The topological polar surface area (TPSA) is 24.9 Å². The molecule has 3 rings (SSSR count). The molecule has 0 aliphatic heterocycles. The van der Waals surface area contributed by atoms with Gasteiger partial charge < -0.3 is 5.32 Å². The summed E-state index contributed by atoms with van der Waals surface area (Å²) in [6.45, 7) is 0.766. The van der Waals surface area contributed by atoms with E-state index in [0.717, 1.165) is 26.6 Å². The Kier molecular flexibility index (Phi) is 4.03. The second-order valence-corrected chi connectivity index (χ2v) is 6.17. The number of hydrogen-bond donors (Lipinski definition) is 1. The lowest BCUT2D eigenvalue weighted by atomic mass is 10.1. The van der Waals surface area contributed by atoms with Crippen LogP contribution in [0.3, 0.4) is 0 Å². The van der Waals surface area contributed by atoms with Crippen molar-refractivity contribution >= 4 is 48.3 Å². The van der Waals surface area contributed by atoms with E-state index < -0.39 is 0 Å². The molecule has 1 N–H and O–H groups in total. The van der Waals surface area contributed by atoms with Gasteiger partial charge in [-0.3, -0.25) is 4.98 Å². The molecule has 0 saturated carbocycles. The number of pyridine rings is 1. The van der Waals surface area contributed by atoms with E-state index in [-0.39, 0.29) is 0 Å². The molecule has 0 aliphatic carbocycles. The highest BCUT2D eigenvalue weighted by atomic mass is 79.9. The number of nitrogens with zero attached hydrogens (tertiary/aromatic N) is 1. The molecule has 0 unspecified atom stereocenters. The summed E-state index contributed by atoms with van der Waals surface area (Å²) in [6.07, 6.45) is 3.73. The second kappa shape index (κ2) is 5.94. The fourth-order valence-corrected chi connectivity index (χ4v) is 3.47. The van der Waals surface area contributed by atoms with Gasteiger partial charge in [-0.2, -0.15) is 0 Å². The second-order valence-electron chi connectivity index (χ2n) is 4.46. The van der Waals surface area contributed by atoms with Crippen LogP contribution >= 0.6 is 31.9 Å². The Bertz CT molecular complexity index is 731. The highest BCUT2D eigenvalue weighted by Crippen LogP contribution is 2.31. The zero-order valence-electron chi connectivity index (χ0n) is 10.6. The van der Waals surface area contributed by atoms with Crippen LogP contribution in [0.5, 0.6) is 0 Å². The Hall–Kier alpha value is -1.39. The number of nitrogens with one attached hydrogen (secondary N) is 1. The van der Waals surface area contributed by atoms with Gasteiger partial charge in [0.05, 0.1) is 5.69 Å². The lowest BCUT2D eigenvalue weighted by Gasteiger charge is -2.12. The molecule has 0 radical (unpaired) electrons. The first-order valence-corrected chi connectivity index (χ1v) is 7.84. The average molecular weight is 392 g/mol. The highest BCUT2D eigenvalue weighted by molar-refractivity contribution is 9.11. The normalized spacial score (nSPS) is 10.7. The molecule has 2 aromatic carbocycles. The largest absolute Gasteiger partial charge is 0.379 e. The summed E-state index contributed by atoms with van der Waals surface area (Å²) in [7, 11) is 0. The highest BCUT2D eigenvalue weighted by Gasteiger charge is 2.05. The Morgan fingerprint density at radius 3 is 2.50 bits per heavy atom. The fraction of sp³-hybridized carbons (Fsp3) is 0.0625. The number of halogens is 2. The maximum Gasteiger partial charge on any atom is 0.0631 e. The van der Waals surface area contributed by atoms with Crippen molar-refractivity contribution in [2.45, 2.75) is 6.54 Å². The van der Waals surface area contributed by atoms with Gasteiger partial charge in [-0.05, 0) is 61.0 Å². The van der Waals surface area contributed by atoms with Crippen molar-refractivity contribution in [2.24, 2.45) is 0 Å². The zero-order valence-corrected chi connectivity index (χ0v) is 13.8. The van der Waals surface area contributed by atoms with Crippen LogP contribution in [-0.2, 0) is 6.54 Å². The average Bonchev–Trinajstić information content (AvgIpc) is 2.47. The number of anilines is 1. The molecule has 3 aromatic rings. The molecule has 2 nitrogen and oxygen atoms in total. The maximum atomic E-state index is 4.17. The van der Waals surface area contributed by atoms with Gasteiger partial charge in [-0.15, -0.1) is 0 Å². The van der Waals surface area contributed by atoms with E-state index in [1.54, 1.807) is 0 Å². The van der Waals surface area contributed by atoms with Crippen LogP contribution in [0.4, 0.5) is 5.69 Å². The molecule has 0 atom stereocenters. The zero-order chi connectivity index (χ0) is 13.9. The number of para-hydroxylation sites is 1. The molecule has 0 saturated heterocycles. The molecule has 1 heterocycles. The first-order valence-electron chi connectivity index (χ1n) is 6.25. The molecule has 0 fully saturated rings. The van der Waals surface area contributed by atoms with Gasteiger partial charge in [0, 0.05) is 33.3 Å². The van der Waals surface area contributed by atoms with Crippen molar-refractivity contribution in [3.63, 3.8) is 0 Å². The minimum atomic E-state index is 0.766. The third kappa shape index (κ3) is 2.72. The number of aromatic nitrogens is 1. The van der Waals surface area contributed by atoms with E-state index in [9.17, 15) is 0 Å². The van der Waals surface area contributed by atoms with Gasteiger partial charge in [0.25, 0.3) is 0 Å². The van der Waals surface area contributed by atoms with Crippen molar-refractivity contribution < 1.29 is 0 Å². The molecule has 20 heavy (non-hydrogen) atoms. The summed E-state index contributed by atoms with van der Waals surface area (Å²) >= 11 is 7.14. The third-order valence-electron chi connectivity index (χ3n) is 3.19. The van der Waals surface area contributed by atoms with Crippen molar-refractivity contribution in [2.75, 3.05) is 5.32 Å². The number of benzene rings is 2. The third-order valence-corrected chi connectivity index (χ3v) is 4.51. The van der Waals surface area contributed by atoms with Gasteiger partial charge in [0.15, 0.2) is 0 Å². The summed E-state index contributed by atoms with van der Waals surface area (Å²) in [5.74, 6) is 0. The standard InChI is InChI=1S/C16H12Br2N2/c17-14-5-2-6-15(18)16(14)20-10-12-4-1-3-11-9-19-8-7-13(11)12/h1-9,20H,10H2. The summed E-state index contributed by atoms with van der Waals surface area (Å²) in [4.78, 5) is 4.17. The summed E-state index contributed by atoms with van der Waals surface area (Å²) in [6, 6.07) is 14.4. The molecular formula is C16H12Br2N2. The van der Waals surface area contributed by atoms with E-state index >= 15 is 0 Å². The molecule has 0 aliphatic rings. The predicted octanol–water partition coefficient (Wildman–Crippen LogP) is 5.37. The van der Waals surface area contributed by atoms with E-state index in [0.29, 0.717) is 0 Å². The SMILES string of the molecule is Brc1cccc(Br)c1NCc1cccc2cnccc12. The number of rotatable bonds is 3. The van der Waals surface area contributed by atoms with E-state index in [1.165, 1.54) is 10.9 Å². The van der Waals surface area contributed by atoms with Gasteiger partial charge in [-0.1, -0.05) is 24.3 Å². The minimum Gasteiger partial charge on any atom is -0.379 e. The van der Waals surface area contributed by atoms with E-state index in [4.69, 9.17) is 0 Å². The van der Waals surface area contributed by atoms with Crippen LogP contribution in [0.25, 0.3) is 10.8 Å². The van der Waals surface area contributed by atoms with E-state index in [2.05, 4.69) is 66.4 Å². The Balaban J connectivity index is 1.91. The van der Waals surface area contributed by atoms with Crippen LogP contribution in [-0.4, -0.2) is 4.98 Å². The molecule has 0 spiro atoms. The number of hydrogen-bond acceptors (Lipinski definition) is 2. The Morgan fingerprint density at radius 2 is 1.70 bits per heavy atom. The lowest BCUT2D eigenvalue weighted by Crippen LogP contribution is -2.01. The minimum absolute atomic E-state index is 0.766. The molecule has 1 aromatic heterocycles. The number of fused-ring (bicyclic) bond motifs is 1. The summed E-state index contributed by atoms with van der Waals surface area (Å²) in [5.41, 5.74) is 2.33. The van der Waals surface area contributed by atoms with Crippen molar-refractivity contribution in [3.05, 3.63) is 69.4 Å². The van der Waals surface area contributed by atoms with Gasteiger partial charge in [-0.25, -0.2) is 0 Å². The predicted molar refractivity (Wildman–Crippen MR) is 90.9 cm³/mol. The van der Waals surface area contributed by atoms with E-state index in [1.807, 2.05) is 30.6 Å². The summed E-state index contributed by atoms with van der Waals surface area (Å²) in [5, 5.41) is 5.87. The Labute approximate surface area is 134 Å². The smallest absolute Gasteiger partial charge is 0.0631 e.